The Morgan fingerprint density at radius 2 is 1.41 bits per heavy atom. The minimum absolute atomic E-state index is 0. The third kappa shape index (κ3) is 4.48. The van der Waals surface area contributed by atoms with Gasteiger partial charge in [0.2, 0.25) is 0 Å². The van der Waals surface area contributed by atoms with Crippen LogP contribution in [0.3, 0.4) is 0 Å². The largest absolute Gasteiger partial charge is 0.377 e. The van der Waals surface area contributed by atoms with Gasteiger partial charge in [-0.05, 0) is 39.1 Å². The van der Waals surface area contributed by atoms with Crippen LogP contribution in [0, 0.1) is 0 Å². The number of para-hydroxylation sites is 2. The minimum Gasteiger partial charge on any atom is -0.377 e. The van der Waals surface area contributed by atoms with Crippen molar-refractivity contribution in [3.8, 4) is 0 Å². The van der Waals surface area contributed by atoms with Gasteiger partial charge in [-0.15, -0.1) is 12.4 Å². The van der Waals surface area contributed by atoms with Gasteiger partial charge in [-0.2, -0.15) is 0 Å². The summed E-state index contributed by atoms with van der Waals surface area (Å²) in [6.07, 6.45) is 5.86. The third-order valence-corrected chi connectivity index (χ3v) is 7.20. The number of rotatable bonds is 2. The monoisotopic (exact) mass is 518 g/mol. The molecule has 0 saturated heterocycles. The predicted molar refractivity (Wildman–Crippen MR) is 149 cm³/mol. The van der Waals surface area contributed by atoms with Crippen LogP contribution in [0.25, 0.3) is 33.0 Å². The summed E-state index contributed by atoms with van der Waals surface area (Å²) >= 11 is 0. The Morgan fingerprint density at radius 3 is 1.97 bits per heavy atom. The van der Waals surface area contributed by atoms with Crippen molar-refractivity contribution in [2.45, 2.75) is 32.0 Å². The van der Waals surface area contributed by atoms with E-state index >= 15 is 0 Å². The molecule has 6 rings (SSSR count). The fourth-order valence-electron chi connectivity index (χ4n) is 5.63. The summed E-state index contributed by atoms with van der Waals surface area (Å²) in [5.41, 5.74) is 4.58. The molecule has 0 radical (unpaired) electrons. The van der Waals surface area contributed by atoms with E-state index in [0.717, 1.165) is 65.4 Å². The first-order chi connectivity index (χ1) is 17.5. The Morgan fingerprint density at radius 1 is 0.865 bits per heavy atom. The van der Waals surface area contributed by atoms with Crippen molar-refractivity contribution < 1.29 is 14.3 Å². The molecule has 0 spiro atoms. The number of benzene rings is 2. The van der Waals surface area contributed by atoms with E-state index in [1.165, 1.54) is 0 Å². The number of hydrogen-bond donors (Lipinski definition) is 1. The van der Waals surface area contributed by atoms with Crippen LogP contribution in [0.5, 0.6) is 0 Å². The molecule has 8 heteroatoms. The molecule has 2 amide bonds. The molecule has 2 aliphatic heterocycles. The van der Waals surface area contributed by atoms with Crippen LogP contribution < -0.4 is 5.32 Å². The number of imide groups is 1. The highest BCUT2D eigenvalue weighted by Gasteiger charge is 2.35. The lowest BCUT2D eigenvalue weighted by Crippen LogP contribution is -2.30. The van der Waals surface area contributed by atoms with E-state index in [4.69, 9.17) is 4.74 Å². The normalized spacial score (nSPS) is 18.5. The van der Waals surface area contributed by atoms with Crippen molar-refractivity contribution in [2.75, 3.05) is 27.2 Å². The number of hydrogen-bond acceptors (Lipinski definition) is 4. The van der Waals surface area contributed by atoms with Crippen molar-refractivity contribution >= 4 is 57.2 Å². The number of aromatic nitrogens is 2. The molecule has 37 heavy (non-hydrogen) atoms. The molecule has 7 nitrogen and oxygen atoms in total. The topological polar surface area (TPSA) is 68.5 Å². The summed E-state index contributed by atoms with van der Waals surface area (Å²) in [7, 11) is 4.14. The van der Waals surface area contributed by atoms with E-state index in [1.54, 1.807) is 0 Å². The molecular weight excluding hydrogens is 488 g/mol. The zero-order valence-electron chi connectivity index (χ0n) is 21.1. The van der Waals surface area contributed by atoms with E-state index in [1.807, 2.05) is 48.8 Å². The number of nitrogens with zero attached hydrogens (tertiary/aromatic N) is 3. The van der Waals surface area contributed by atoms with Crippen molar-refractivity contribution in [2.24, 2.45) is 0 Å². The molecule has 1 atom stereocenters. The van der Waals surface area contributed by atoms with Crippen LogP contribution in [0.1, 0.15) is 24.0 Å². The number of carbonyl (C=O) groups is 2. The first-order valence-electron chi connectivity index (χ1n) is 12.5. The summed E-state index contributed by atoms with van der Waals surface area (Å²) in [6, 6.07) is 16.2. The number of fused-ring (bicyclic) bond motifs is 12. The highest BCUT2D eigenvalue weighted by Crippen LogP contribution is 2.39. The van der Waals surface area contributed by atoms with Gasteiger partial charge in [0.25, 0.3) is 11.8 Å². The fourth-order valence-corrected chi connectivity index (χ4v) is 5.63. The minimum atomic E-state index is -0.340. The van der Waals surface area contributed by atoms with Crippen molar-refractivity contribution in [3.05, 3.63) is 72.1 Å². The Balaban J connectivity index is 0.00000280. The Hall–Kier alpha value is -3.39. The van der Waals surface area contributed by atoms with Crippen LogP contribution in [0.4, 0.5) is 0 Å². The van der Waals surface area contributed by atoms with E-state index in [0.29, 0.717) is 17.8 Å². The second kappa shape index (κ2) is 10.2. The Labute approximate surface area is 222 Å². The van der Waals surface area contributed by atoms with E-state index in [2.05, 4.69) is 45.6 Å². The summed E-state index contributed by atoms with van der Waals surface area (Å²) in [6.45, 7) is 3.03. The molecule has 4 heterocycles. The van der Waals surface area contributed by atoms with Gasteiger partial charge in [-0.3, -0.25) is 14.9 Å². The number of halogens is 1. The van der Waals surface area contributed by atoms with Gasteiger partial charge in [-0.25, -0.2) is 0 Å². The molecule has 2 aromatic heterocycles. The van der Waals surface area contributed by atoms with Gasteiger partial charge in [0, 0.05) is 71.6 Å². The molecule has 0 fully saturated rings. The number of aryl methyl sites for hydroxylation is 2. The highest BCUT2D eigenvalue weighted by atomic mass is 35.5. The first kappa shape index (κ1) is 25.3. The lowest BCUT2D eigenvalue weighted by molar-refractivity contribution is -0.122. The highest BCUT2D eigenvalue weighted by molar-refractivity contribution is 6.50. The predicted octanol–water partition coefficient (Wildman–Crippen LogP) is 4.33. The molecule has 4 aromatic rings. The molecule has 2 aromatic carbocycles. The molecule has 192 valence electrons. The summed E-state index contributed by atoms with van der Waals surface area (Å²) in [5.74, 6) is -0.679. The summed E-state index contributed by atoms with van der Waals surface area (Å²) < 4.78 is 10.7. The van der Waals surface area contributed by atoms with Crippen molar-refractivity contribution in [3.63, 3.8) is 0 Å². The molecule has 4 bridgehead atoms. The summed E-state index contributed by atoms with van der Waals surface area (Å²) in [5, 5.41) is 4.52. The zero-order valence-corrected chi connectivity index (χ0v) is 21.9. The fraction of sp³-hybridized carbons (Fsp3) is 0.310. The number of amides is 2. The van der Waals surface area contributed by atoms with E-state index < -0.39 is 0 Å². The SMILES string of the molecule is CN(C)CC1CCn2cc(c3ccccc32)C2=C(C(=O)NC2=O)c2cn(c3ccccc23)CCCO1.Cl. The molecular formula is C29H31ClN4O3. The van der Waals surface area contributed by atoms with Gasteiger partial charge in [-0.1, -0.05) is 36.4 Å². The van der Waals surface area contributed by atoms with Gasteiger partial charge < -0.3 is 18.8 Å². The van der Waals surface area contributed by atoms with Gasteiger partial charge >= 0.3 is 0 Å². The maximum Gasteiger partial charge on any atom is 0.259 e. The summed E-state index contributed by atoms with van der Waals surface area (Å²) in [4.78, 5) is 28.6. The Kier molecular flexibility index (Phi) is 6.94. The van der Waals surface area contributed by atoms with Gasteiger partial charge in [0.15, 0.2) is 0 Å². The third-order valence-electron chi connectivity index (χ3n) is 7.20. The molecule has 0 saturated carbocycles. The number of ether oxygens (including phenoxy) is 1. The average Bonchev–Trinajstić information content (AvgIpc) is 3.50. The lowest BCUT2D eigenvalue weighted by Gasteiger charge is -2.22. The maximum atomic E-state index is 13.3. The van der Waals surface area contributed by atoms with Crippen LogP contribution >= 0.6 is 12.4 Å². The van der Waals surface area contributed by atoms with Crippen molar-refractivity contribution in [1.29, 1.82) is 0 Å². The number of likely N-dealkylation sites (N-methyl/N-ethyl adjacent to an activating group) is 1. The smallest absolute Gasteiger partial charge is 0.259 e. The molecule has 1 unspecified atom stereocenters. The second-order valence-electron chi connectivity index (χ2n) is 9.94. The van der Waals surface area contributed by atoms with Gasteiger partial charge in [0.05, 0.1) is 17.3 Å². The molecule has 0 aliphatic carbocycles. The lowest BCUT2D eigenvalue weighted by atomic mass is 9.95. The van der Waals surface area contributed by atoms with E-state index in [-0.39, 0.29) is 30.3 Å². The van der Waals surface area contributed by atoms with Gasteiger partial charge in [0.1, 0.15) is 0 Å². The standard InChI is InChI=1S/C29H30N4O3.ClH/c1-31(2)16-19-12-14-33-18-23(21-9-4-6-11-25(21)33)27-26(28(34)30-29(27)35)22-17-32(13-7-15-36-19)24-10-5-3-8-20(22)24;/h3-6,8-11,17-19H,7,12-16H2,1-2H3,(H,30,34,35);1H. The van der Waals surface area contributed by atoms with Crippen molar-refractivity contribution in [1.82, 2.24) is 19.4 Å². The maximum absolute atomic E-state index is 13.3. The van der Waals surface area contributed by atoms with Crippen LogP contribution in [0.2, 0.25) is 0 Å². The van der Waals surface area contributed by atoms with Crippen LogP contribution in [0.15, 0.2) is 60.9 Å². The quantitative estimate of drug-likeness (QED) is 0.401. The Bertz CT molecular complexity index is 1530. The molecule has 2 aliphatic rings. The first-order valence-corrected chi connectivity index (χ1v) is 12.5. The van der Waals surface area contributed by atoms with E-state index in [9.17, 15) is 9.59 Å². The van der Waals surface area contributed by atoms with Crippen LogP contribution in [-0.2, 0) is 27.4 Å². The van der Waals surface area contributed by atoms with Crippen LogP contribution in [-0.4, -0.2) is 59.2 Å². The average molecular weight is 519 g/mol. The zero-order chi connectivity index (χ0) is 24.8. The molecule has 1 N–H and O–H groups in total. The second-order valence-corrected chi connectivity index (χ2v) is 9.94. The number of nitrogens with one attached hydrogen (secondary N) is 1. The number of carbonyl (C=O) groups excluding carboxylic acids is 2.